The molecule has 0 aliphatic rings. The van der Waals surface area contributed by atoms with E-state index >= 15 is 0 Å². The Balaban J connectivity index is 2.71. The Morgan fingerprint density at radius 1 is 1.40 bits per heavy atom. The average Bonchev–Trinajstić information content (AvgIpc) is 2.36. The summed E-state index contributed by atoms with van der Waals surface area (Å²) in [5, 5.41) is 9.62. The maximum Gasteiger partial charge on any atom is 0.410 e. The molecule has 0 heterocycles. The van der Waals surface area contributed by atoms with Crippen LogP contribution in [0.4, 0.5) is 4.79 Å². The van der Waals surface area contributed by atoms with E-state index in [1.54, 1.807) is 19.2 Å². The second-order valence-electron chi connectivity index (χ2n) is 5.67. The van der Waals surface area contributed by atoms with Crippen LogP contribution >= 0.6 is 0 Å². The standard InChI is InChI=1S/C15H23NO4/c1-15(2,3)20-14(18)16(4)10-11-7-6-8-12(9-11)13(17)19-5/h6-9,13,17H,10H2,1-5H3. The highest BCUT2D eigenvalue weighted by Gasteiger charge is 2.19. The number of carbonyl (C=O) groups excluding carboxylic acids is 1. The minimum atomic E-state index is -0.957. The van der Waals surface area contributed by atoms with Gasteiger partial charge >= 0.3 is 6.09 Å². The van der Waals surface area contributed by atoms with Gasteiger partial charge in [0.1, 0.15) is 5.60 Å². The predicted molar refractivity (Wildman–Crippen MR) is 76.1 cm³/mol. The van der Waals surface area contributed by atoms with Crippen LogP contribution in [0.5, 0.6) is 0 Å². The first kappa shape index (κ1) is 16.5. The summed E-state index contributed by atoms with van der Waals surface area (Å²) in [6.07, 6.45) is -1.34. The van der Waals surface area contributed by atoms with Crippen LogP contribution in [0.15, 0.2) is 24.3 Å². The first-order valence-corrected chi connectivity index (χ1v) is 6.47. The maximum absolute atomic E-state index is 11.9. The summed E-state index contributed by atoms with van der Waals surface area (Å²) in [4.78, 5) is 13.4. The Morgan fingerprint density at radius 3 is 2.60 bits per heavy atom. The van der Waals surface area contributed by atoms with Crippen molar-refractivity contribution in [1.29, 1.82) is 0 Å². The number of aliphatic hydroxyl groups is 1. The van der Waals surface area contributed by atoms with Crippen molar-refractivity contribution in [3.05, 3.63) is 35.4 Å². The lowest BCUT2D eigenvalue weighted by Gasteiger charge is -2.24. The second kappa shape index (κ2) is 6.72. The Hall–Kier alpha value is -1.59. The molecule has 0 bridgehead atoms. The molecule has 0 aliphatic heterocycles. The topological polar surface area (TPSA) is 59.0 Å². The molecule has 0 aromatic heterocycles. The number of hydrogen-bond donors (Lipinski definition) is 1. The van der Waals surface area contributed by atoms with Gasteiger partial charge in [-0.15, -0.1) is 0 Å². The SMILES string of the molecule is COC(O)c1cccc(CN(C)C(=O)OC(C)(C)C)c1. The Kier molecular flexibility index (Phi) is 5.53. The molecule has 20 heavy (non-hydrogen) atoms. The molecule has 5 nitrogen and oxygen atoms in total. The normalized spacial score (nSPS) is 12.9. The van der Waals surface area contributed by atoms with Gasteiger partial charge in [-0.05, 0) is 32.4 Å². The number of nitrogens with zero attached hydrogens (tertiary/aromatic N) is 1. The fourth-order valence-corrected chi connectivity index (χ4v) is 1.66. The molecule has 112 valence electrons. The largest absolute Gasteiger partial charge is 0.444 e. The van der Waals surface area contributed by atoms with Crippen LogP contribution in [0, 0.1) is 0 Å². The molecule has 1 aromatic rings. The summed E-state index contributed by atoms with van der Waals surface area (Å²) >= 11 is 0. The monoisotopic (exact) mass is 281 g/mol. The van der Waals surface area contributed by atoms with E-state index in [9.17, 15) is 9.90 Å². The first-order valence-electron chi connectivity index (χ1n) is 6.47. The zero-order valence-corrected chi connectivity index (χ0v) is 12.7. The van der Waals surface area contributed by atoms with Crippen molar-refractivity contribution in [1.82, 2.24) is 4.90 Å². The molecule has 0 radical (unpaired) electrons. The van der Waals surface area contributed by atoms with E-state index in [-0.39, 0.29) is 6.09 Å². The minimum absolute atomic E-state index is 0.379. The fraction of sp³-hybridized carbons (Fsp3) is 0.533. The van der Waals surface area contributed by atoms with Crippen molar-refractivity contribution < 1.29 is 19.4 Å². The summed E-state index contributed by atoms with van der Waals surface area (Å²) < 4.78 is 10.1. The van der Waals surface area contributed by atoms with Gasteiger partial charge in [0.05, 0.1) is 0 Å². The third-order valence-electron chi connectivity index (χ3n) is 2.58. The number of carbonyl (C=O) groups is 1. The lowest BCUT2D eigenvalue weighted by Crippen LogP contribution is -2.33. The van der Waals surface area contributed by atoms with Crippen LogP contribution in [-0.2, 0) is 16.0 Å². The van der Waals surface area contributed by atoms with E-state index in [2.05, 4.69) is 0 Å². The fourth-order valence-electron chi connectivity index (χ4n) is 1.66. The molecule has 1 atom stereocenters. The van der Waals surface area contributed by atoms with Gasteiger partial charge in [0.25, 0.3) is 0 Å². The number of methoxy groups -OCH3 is 1. The number of hydrogen-bond acceptors (Lipinski definition) is 4. The van der Waals surface area contributed by atoms with E-state index < -0.39 is 11.9 Å². The second-order valence-corrected chi connectivity index (χ2v) is 5.67. The van der Waals surface area contributed by atoms with Crippen LogP contribution in [0.2, 0.25) is 0 Å². The first-order chi connectivity index (χ1) is 9.23. The lowest BCUT2D eigenvalue weighted by molar-refractivity contribution is -0.0769. The van der Waals surface area contributed by atoms with Crippen LogP contribution in [-0.4, -0.2) is 35.9 Å². The van der Waals surface area contributed by atoms with Crippen LogP contribution in [0.3, 0.4) is 0 Å². The third-order valence-corrected chi connectivity index (χ3v) is 2.58. The Labute approximate surface area is 120 Å². The molecular weight excluding hydrogens is 258 g/mol. The smallest absolute Gasteiger partial charge is 0.410 e. The molecule has 1 N–H and O–H groups in total. The average molecular weight is 281 g/mol. The summed E-state index contributed by atoms with van der Waals surface area (Å²) in [5.41, 5.74) is 1.04. The molecule has 5 heteroatoms. The number of benzene rings is 1. The summed E-state index contributed by atoms with van der Waals surface area (Å²) in [6.45, 7) is 5.89. The highest BCUT2D eigenvalue weighted by Crippen LogP contribution is 2.17. The number of aliphatic hydroxyl groups excluding tert-OH is 1. The summed E-state index contributed by atoms with van der Waals surface area (Å²) in [5.74, 6) is 0. The van der Waals surface area contributed by atoms with Crippen molar-refractivity contribution >= 4 is 6.09 Å². The number of amides is 1. The van der Waals surface area contributed by atoms with E-state index in [1.807, 2.05) is 32.9 Å². The maximum atomic E-state index is 11.9. The molecular formula is C15H23NO4. The van der Waals surface area contributed by atoms with E-state index in [1.165, 1.54) is 12.0 Å². The lowest BCUT2D eigenvalue weighted by atomic mass is 10.1. The highest BCUT2D eigenvalue weighted by atomic mass is 16.6. The van der Waals surface area contributed by atoms with Crippen molar-refractivity contribution in [3.63, 3.8) is 0 Å². The van der Waals surface area contributed by atoms with Gasteiger partial charge in [-0.25, -0.2) is 4.79 Å². The quantitative estimate of drug-likeness (QED) is 0.862. The molecule has 1 rings (SSSR count). The Morgan fingerprint density at radius 2 is 2.05 bits per heavy atom. The summed E-state index contributed by atoms with van der Waals surface area (Å²) in [7, 11) is 3.11. The van der Waals surface area contributed by atoms with Crippen LogP contribution < -0.4 is 0 Å². The van der Waals surface area contributed by atoms with E-state index in [0.29, 0.717) is 12.1 Å². The summed E-state index contributed by atoms with van der Waals surface area (Å²) in [6, 6.07) is 7.27. The zero-order valence-electron chi connectivity index (χ0n) is 12.7. The van der Waals surface area contributed by atoms with Crippen LogP contribution in [0.25, 0.3) is 0 Å². The van der Waals surface area contributed by atoms with Gasteiger partial charge in [0.15, 0.2) is 6.29 Å². The minimum Gasteiger partial charge on any atom is -0.444 e. The van der Waals surface area contributed by atoms with Crippen molar-refractivity contribution in [2.75, 3.05) is 14.2 Å². The third kappa shape index (κ3) is 5.19. The predicted octanol–water partition coefficient (Wildman–Crippen LogP) is 2.69. The Bertz CT molecular complexity index is 453. The van der Waals surface area contributed by atoms with Gasteiger partial charge in [-0.1, -0.05) is 18.2 Å². The van der Waals surface area contributed by atoms with Crippen molar-refractivity contribution in [3.8, 4) is 0 Å². The van der Waals surface area contributed by atoms with Gasteiger partial charge in [-0.3, -0.25) is 0 Å². The molecule has 1 amide bonds. The van der Waals surface area contributed by atoms with E-state index in [0.717, 1.165) is 5.56 Å². The van der Waals surface area contributed by atoms with Gasteiger partial charge in [-0.2, -0.15) is 0 Å². The van der Waals surface area contributed by atoms with Crippen molar-refractivity contribution in [2.45, 2.75) is 39.2 Å². The number of rotatable bonds is 4. The molecule has 0 spiro atoms. The van der Waals surface area contributed by atoms with Gasteiger partial charge < -0.3 is 19.5 Å². The van der Waals surface area contributed by atoms with Gasteiger partial charge in [0.2, 0.25) is 0 Å². The van der Waals surface area contributed by atoms with Crippen molar-refractivity contribution in [2.24, 2.45) is 0 Å². The number of ether oxygens (including phenoxy) is 2. The molecule has 0 aliphatic carbocycles. The molecule has 1 aromatic carbocycles. The molecule has 0 saturated heterocycles. The van der Waals surface area contributed by atoms with Crippen LogP contribution in [0.1, 0.15) is 38.2 Å². The molecule has 1 unspecified atom stereocenters. The molecule has 0 saturated carbocycles. The highest BCUT2D eigenvalue weighted by molar-refractivity contribution is 5.67. The van der Waals surface area contributed by atoms with E-state index in [4.69, 9.17) is 9.47 Å². The zero-order chi connectivity index (χ0) is 15.3. The molecule has 0 fully saturated rings. The van der Waals surface area contributed by atoms with Gasteiger partial charge in [0, 0.05) is 26.3 Å².